The first-order valence-electron chi connectivity index (χ1n) is 7.30. The molecule has 3 heterocycles. The minimum atomic E-state index is -0.170. The summed E-state index contributed by atoms with van der Waals surface area (Å²) >= 11 is 0. The van der Waals surface area contributed by atoms with Crippen molar-refractivity contribution in [3.8, 4) is 11.9 Å². The zero-order valence-corrected chi connectivity index (χ0v) is 12.4. The maximum Gasteiger partial charge on any atom is 0.251 e. The summed E-state index contributed by atoms with van der Waals surface area (Å²) in [5, 5.41) is 8.99. The molecule has 1 fully saturated rings. The van der Waals surface area contributed by atoms with Crippen LogP contribution in [-0.2, 0) is 11.2 Å². The van der Waals surface area contributed by atoms with Gasteiger partial charge in [0.05, 0.1) is 13.0 Å². The minimum absolute atomic E-state index is 0.0451. The van der Waals surface area contributed by atoms with Gasteiger partial charge in [-0.3, -0.25) is 9.78 Å². The highest BCUT2D eigenvalue weighted by atomic mass is 16.5. The number of nitriles is 1. The summed E-state index contributed by atoms with van der Waals surface area (Å²) in [5.41, 5.74) is 1.05. The van der Waals surface area contributed by atoms with E-state index in [0.29, 0.717) is 25.9 Å². The lowest BCUT2D eigenvalue weighted by Crippen LogP contribution is -2.32. The standard InChI is InChI=1S/C16H15N5O2/c17-9-14-16(20-6-5-19-14)23-13-3-7-21(11-13)15(22)8-12-2-1-4-18-10-12/h1-2,4-6,10,13H,3,7-8,11H2/t13-/m1/s1. The van der Waals surface area contributed by atoms with Crippen molar-refractivity contribution in [3.05, 3.63) is 48.2 Å². The highest BCUT2D eigenvalue weighted by molar-refractivity contribution is 5.79. The Morgan fingerprint density at radius 3 is 3.04 bits per heavy atom. The van der Waals surface area contributed by atoms with Crippen LogP contribution in [-0.4, -0.2) is 45.0 Å². The highest BCUT2D eigenvalue weighted by Crippen LogP contribution is 2.19. The van der Waals surface area contributed by atoms with E-state index in [9.17, 15) is 4.79 Å². The molecule has 0 saturated carbocycles. The summed E-state index contributed by atoms with van der Waals surface area (Å²) in [7, 11) is 0. The van der Waals surface area contributed by atoms with E-state index in [2.05, 4.69) is 15.0 Å². The summed E-state index contributed by atoms with van der Waals surface area (Å²) in [6.45, 7) is 1.12. The third-order valence-electron chi connectivity index (χ3n) is 3.62. The van der Waals surface area contributed by atoms with Crippen LogP contribution in [0.2, 0.25) is 0 Å². The molecule has 0 bridgehead atoms. The molecule has 2 aromatic heterocycles. The number of pyridine rings is 1. The van der Waals surface area contributed by atoms with E-state index in [-0.39, 0.29) is 23.6 Å². The number of ether oxygens (including phenoxy) is 1. The van der Waals surface area contributed by atoms with Crippen molar-refractivity contribution < 1.29 is 9.53 Å². The van der Waals surface area contributed by atoms with E-state index in [1.165, 1.54) is 12.4 Å². The monoisotopic (exact) mass is 309 g/mol. The van der Waals surface area contributed by atoms with Crippen LogP contribution in [0.3, 0.4) is 0 Å². The number of likely N-dealkylation sites (tertiary alicyclic amines) is 1. The normalized spacial score (nSPS) is 16.8. The van der Waals surface area contributed by atoms with Crippen molar-refractivity contribution in [1.29, 1.82) is 5.26 Å². The SMILES string of the molecule is N#Cc1nccnc1O[C@@H]1CCN(C(=O)Cc2cccnc2)C1. The molecular formula is C16H15N5O2. The van der Waals surface area contributed by atoms with Crippen molar-refractivity contribution in [2.75, 3.05) is 13.1 Å². The molecule has 1 aliphatic heterocycles. The second kappa shape index (κ2) is 6.83. The van der Waals surface area contributed by atoms with E-state index in [1.807, 2.05) is 18.2 Å². The molecule has 0 unspecified atom stereocenters. The van der Waals surface area contributed by atoms with Gasteiger partial charge in [0.2, 0.25) is 11.6 Å². The van der Waals surface area contributed by atoms with Crippen molar-refractivity contribution in [2.24, 2.45) is 0 Å². The zero-order valence-electron chi connectivity index (χ0n) is 12.4. The first-order chi connectivity index (χ1) is 11.3. The van der Waals surface area contributed by atoms with E-state index >= 15 is 0 Å². The summed E-state index contributed by atoms with van der Waals surface area (Å²) in [5.74, 6) is 0.269. The minimum Gasteiger partial charge on any atom is -0.470 e. The van der Waals surface area contributed by atoms with Gasteiger partial charge in [-0.25, -0.2) is 9.97 Å². The van der Waals surface area contributed by atoms with Gasteiger partial charge < -0.3 is 9.64 Å². The van der Waals surface area contributed by atoms with Gasteiger partial charge in [0.25, 0.3) is 5.88 Å². The largest absolute Gasteiger partial charge is 0.470 e. The molecule has 0 aromatic carbocycles. The number of carbonyl (C=O) groups excluding carboxylic acids is 1. The Hall–Kier alpha value is -3.01. The fourth-order valence-electron chi connectivity index (χ4n) is 2.49. The van der Waals surface area contributed by atoms with Gasteiger partial charge in [0.1, 0.15) is 12.2 Å². The third-order valence-corrected chi connectivity index (χ3v) is 3.62. The predicted octanol–water partition coefficient (Wildman–Crippen LogP) is 0.966. The smallest absolute Gasteiger partial charge is 0.251 e. The predicted molar refractivity (Wildman–Crippen MR) is 80.3 cm³/mol. The van der Waals surface area contributed by atoms with Gasteiger partial charge in [0, 0.05) is 37.8 Å². The molecule has 1 atom stereocenters. The summed E-state index contributed by atoms with van der Waals surface area (Å²) < 4.78 is 5.73. The number of aromatic nitrogens is 3. The molecule has 23 heavy (non-hydrogen) atoms. The molecule has 7 nitrogen and oxygen atoms in total. The average Bonchev–Trinajstić information content (AvgIpc) is 3.05. The fraction of sp³-hybridized carbons (Fsp3) is 0.312. The molecule has 116 valence electrons. The first kappa shape index (κ1) is 14.9. The molecule has 2 aromatic rings. The number of rotatable bonds is 4. The second-order valence-corrected chi connectivity index (χ2v) is 5.23. The van der Waals surface area contributed by atoms with Crippen molar-refractivity contribution in [2.45, 2.75) is 18.9 Å². The number of amides is 1. The van der Waals surface area contributed by atoms with E-state index < -0.39 is 0 Å². The maximum atomic E-state index is 12.3. The van der Waals surface area contributed by atoms with Gasteiger partial charge in [-0.05, 0) is 11.6 Å². The van der Waals surface area contributed by atoms with Crippen LogP contribution >= 0.6 is 0 Å². The zero-order chi connectivity index (χ0) is 16.1. The lowest BCUT2D eigenvalue weighted by atomic mass is 10.2. The molecule has 1 saturated heterocycles. The number of hydrogen-bond donors (Lipinski definition) is 0. The summed E-state index contributed by atoms with van der Waals surface area (Å²) in [4.78, 5) is 26.0. The van der Waals surface area contributed by atoms with E-state index in [0.717, 1.165) is 5.56 Å². The fourth-order valence-corrected chi connectivity index (χ4v) is 2.49. The highest BCUT2D eigenvalue weighted by Gasteiger charge is 2.28. The van der Waals surface area contributed by atoms with Crippen LogP contribution in [0.25, 0.3) is 0 Å². The Morgan fingerprint density at radius 1 is 1.39 bits per heavy atom. The van der Waals surface area contributed by atoms with Crippen LogP contribution in [0.4, 0.5) is 0 Å². The first-order valence-corrected chi connectivity index (χ1v) is 7.30. The third kappa shape index (κ3) is 3.61. The topological polar surface area (TPSA) is 92.0 Å². The van der Waals surface area contributed by atoms with E-state index in [4.69, 9.17) is 10.00 Å². The average molecular weight is 309 g/mol. The van der Waals surface area contributed by atoms with Crippen LogP contribution in [0, 0.1) is 11.3 Å². The van der Waals surface area contributed by atoms with Crippen LogP contribution in [0.15, 0.2) is 36.9 Å². The molecule has 1 aliphatic rings. The molecule has 0 spiro atoms. The Bertz CT molecular complexity index is 729. The lowest BCUT2D eigenvalue weighted by molar-refractivity contribution is -0.129. The molecule has 0 radical (unpaired) electrons. The number of nitrogens with zero attached hydrogens (tertiary/aromatic N) is 5. The Balaban J connectivity index is 1.58. The Kier molecular flexibility index (Phi) is 4.43. The number of carbonyl (C=O) groups is 1. The van der Waals surface area contributed by atoms with Gasteiger partial charge in [-0.15, -0.1) is 0 Å². The number of hydrogen-bond acceptors (Lipinski definition) is 6. The van der Waals surface area contributed by atoms with Crippen LogP contribution in [0.5, 0.6) is 5.88 Å². The van der Waals surface area contributed by atoms with Gasteiger partial charge in [-0.2, -0.15) is 5.26 Å². The van der Waals surface area contributed by atoms with Crippen molar-refractivity contribution in [1.82, 2.24) is 19.9 Å². The molecule has 3 rings (SSSR count). The molecular weight excluding hydrogens is 294 g/mol. The summed E-state index contributed by atoms with van der Waals surface area (Å²) in [6.07, 6.45) is 7.18. The van der Waals surface area contributed by atoms with E-state index in [1.54, 1.807) is 17.3 Å². The van der Waals surface area contributed by atoms with Crippen LogP contribution < -0.4 is 4.74 Å². The molecule has 0 aliphatic carbocycles. The van der Waals surface area contributed by atoms with Crippen molar-refractivity contribution in [3.63, 3.8) is 0 Å². The van der Waals surface area contributed by atoms with Gasteiger partial charge >= 0.3 is 0 Å². The van der Waals surface area contributed by atoms with Gasteiger partial charge in [-0.1, -0.05) is 6.07 Å². The summed E-state index contributed by atoms with van der Waals surface area (Å²) in [6, 6.07) is 5.65. The molecule has 7 heteroatoms. The van der Waals surface area contributed by atoms with Crippen molar-refractivity contribution >= 4 is 5.91 Å². The molecule has 1 amide bonds. The Morgan fingerprint density at radius 2 is 2.26 bits per heavy atom. The maximum absolute atomic E-state index is 12.3. The Labute approximate surface area is 133 Å². The quantitative estimate of drug-likeness (QED) is 0.835. The second-order valence-electron chi connectivity index (χ2n) is 5.23. The lowest BCUT2D eigenvalue weighted by Gasteiger charge is -2.17. The van der Waals surface area contributed by atoms with Gasteiger partial charge in [0.15, 0.2) is 0 Å². The molecule has 0 N–H and O–H groups in total. The van der Waals surface area contributed by atoms with Crippen LogP contribution in [0.1, 0.15) is 17.7 Å².